The molecule has 2 aromatic carbocycles. The Hall–Kier alpha value is -4.18. The summed E-state index contributed by atoms with van der Waals surface area (Å²) in [6.07, 6.45) is 2.66. The lowest BCUT2D eigenvalue weighted by molar-refractivity contribution is 0.322. The summed E-state index contributed by atoms with van der Waals surface area (Å²) in [6.45, 7) is 4.59. The highest BCUT2D eigenvalue weighted by atomic mass is 32.2. The molecule has 0 fully saturated rings. The molecule has 2 aromatic heterocycles. The third-order valence-electron chi connectivity index (χ3n) is 6.98. The molecular formula is C30H30FN3O5S. The average molecular weight is 564 g/mol. The van der Waals surface area contributed by atoms with Crippen molar-refractivity contribution in [1.29, 1.82) is 0 Å². The lowest BCUT2D eigenvalue weighted by Crippen LogP contribution is -2.26. The number of hydrogen-bond donors (Lipinski definition) is 2. The minimum Gasteiger partial charge on any atom is -0.504 e. The first-order valence-corrected chi connectivity index (χ1v) is 14.7. The van der Waals surface area contributed by atoms with E-state index >= 15 is 0 Å². The average Bonchev–Trinajstić information content (AvgIpc) is 3.14. The Labute approximate surface area is 232 Å². The number of aromatic hydroxyl groups is 1. The molecule has 1 aliphatic rings. The van der Waals surface area contributed by atoms with E-state index in [-0.39, 0.29) is 10.6 Å². The second kappa shape index (κ2) is 11.1. The normalized spacial score (nSPS) is 13.4. The highest BCUT2D eigenvalue weighted by molar-refractivity contribution is 7.91. The van der Waals surface area contributed by atoms with E-state index in [1.54, 1.807) is 25.1 Å². The zero-order valence-electron chi connectivity index (χ0n) is 22.3. The first kappa shape index (κ1) is 27.4. The number of aryl methyl sites for hydroxylation is 2. The Kier molecular flexibility index (Phi) is 7.62. The number of para-hydroxylation sites is 2. The van der Waals surface area contributed by atoms with Crippen molar-refractivity contribution in [3.63, 3.8) is 0 Å². The second-order valence-electron chi connectivity index (χ2n) is 9.68. The molecule has 208 valence electrons. The highest BCUT2D eigenvalue weighted by Gasteiger charge is 2.32. The van der Waals surface area contributed by atoms with Crippen molar-refractivity contribution < 1.29 is 22.7 Å². The Morgan fingerprint density at radius 2 is 1.85 bits per heavy atom. The van der Waals surface area contributed by atoms with Gasteiger partial charge in [-0.05, 0) is 68.1 Å². The molecule has 0 spiro atoms. The van der Waals surface area contributed by atoms with Gasteiger partial charge in [0.15, 0.2) is 10.6 Å². The Morgan fingerprint density at radius 1 is 1.10 bits per heavy atom. The minimum atomic E-state index is -4.43. The zero-order chi connectivity index (χ0) is 28.4. The number of fused-ring (bicyclic) bond motifs is 1. The maximum atomic E-state index is 13.8. The molecule has 5 rings (SSSR count). The van der Waals surface area contributed by atoms with Gasteiger partial charge in [0, 0.05) is 23.5 Å². The van der Waals surface area contributed by atoms with E-state index < -0.39 is 32.0 Å². The van der Waals surface area contributed by atoms with Gasteiger partial charge < -0.3 is 19.7 Å². The summed E-state index contributed by atoms with van der Waals surface area (Å²) >= 11 is 0. The number of aromatic nitrogens is 2. The van der Waals surface area contributed by atoms with Crippen molar-refractivity contribution in [3.05, 3.63) is 88.4 Å². The first-order chi connectivity index (χ1) is 19.2. The number of aromatic amines is 1. The molecule has 4 aromatic rings. The van der Waals surface area contributed by atoms with E-state index in [9.17, 15) is 22.7 Å². The molecule has 1 aliphatic heterocycles. The molecule has 0 aliphatic carbocycles. The smallest absolute Gasteiger partial charge is 0.271 e. The van der Waals surface area contributed by atoms with Gasteiger partial charge in [-0.1, -0.05) is 37.6 Å². The first-order valence-electron chi connectivity index (χ1n) is 13.2. The number of rotatable bonds is 7. The van der Waals surface area contributed by atoms with Gasteiger partial charge >= 0.3 is 0 Å². The van der Waals surface area contributed by atoms with Crippen LogP contribution in [0.25, 0.3) is 11.1 Å². The lowest BCUT2D eigenvalue weighted by atomic mass is 10.1. The number of hydrogen-bond acceptors (Lipinski definition) is 7. The number of unbranched alkanes of at least 4 members (excludes halogenated alkanes) is 1. The number of H-pyrrole nitrogens is 1. The van der Waals surface area contributed by atoms with Gasteiger partial charge in [0.05, 0.1) is 17.2 Å². The molecule has 40 heavy (non-hydrogen) atoms. The van der Waals surface area contributed by atoms with Crippen molar-refractivity contribution in [1.82, 2.24) is 9.97 Å². The van der Waals surface area contributed by atoms with E-state index in [2.05, 4.69) is 9.97 Å². The molecule has 0 unspecified atom stereocenters. The monoisotopic (exact) mass is 563 g/mol. The zero-order valence-corrected chi connectivity index (χ0v) is 23.1. The third kappa shape index (κ3) is 5.06. The van der Waals surface area contributed by atoms with E-state index in [0.717, 1.165) is 12.8 Å². The fourth-order valence-corrected chi connectivity index (χ4v) is 6.39. The van der Waals surface area contributed by atoms with E-state index in [1.807, 2.05) is 36.1 Å². The number of ether oxygens (including phenoxy) is 1. The standard InChI is InChI=1S/C30H30FN3O5S/c1-3-4-8-23-27(34-17-7-18-39-25-10-6-5-9-24(25)34)28(35)29(30(36)33-23)40(37,38)21-13-11-20(12-14-21)22-15-16-26(31)32-19(22)2/h5-6,9-16H,3-4,7-8,17-18H2,1-2H3,(H2,33,35,36). The van der Waals surface area contributed by atoms with Crippen LogP contribution in [0, 0.1) is 12.9 Å². The predicted molar refractivity (Wildman–Crippen MR) is 151 cm³/mol. The summed E-state index contributed by atoms with van der Waals surface area (Å²) in [5.74, 6) is -0.584. The SMILES string of the molecule is CCCCc1[nH]c(=O)c(S(=O)(=O)c2ccc(-c3ccc(F)nc3C)cc2)c(O)c1N1CCCOc2ccccc21. The van der Waals surface area contributed by atoms with Crippen LogP contribution in [0.4, 0.5) is 15.8 Å². The van der Waals surface area contributed by atoms with Gasteiger partial charge in [-0.15, -0.1) is 0 Å². The fourth-order valence-electron chi connectivity index (χ4n) is 5.01. The lowest BCUT2D eigenvalue weighted by Gasteiger charge is -2.27. The second-order valence-corrected chi connectivity index (χ2v) is 11.6. The molecule has 0 saturated heterocycles. The number of sulfone groups is 1. The summed E-state index contributed by atoms with van der Waals surface area (Å²) < 4.78 is 47.0. The molecule has 8 nitrogen and oxygen atoms in total. The van der Waals surface area contributed by atoms with Crippen molar-refractivity contribution in [2.45, 2.75) is 49.3 Å². The fraction of sp³-hybridized carbons (Fsp3) is 0.267. The summed E-state index contributed by atoms with van der Waals surface area (Å²) in [6, 6.07) is 16.0. The summed E-state index contributed by atoms with van der Waals surface area (Å²) in [7, 11) is -4.43. The van der Waals surface area contributed by atoms with Crippen LogP contribution in [0.2, 0.25) is 0 Å². The Morgan fingerprint density at radius 3 is 2.58 bits per heavy atom. The molecule has 0 amide bonds. The van der Waals surface area contributed by atoms with E-state index in [0.29, 0.717) is 59.9 Å². The molecule has 0 atom stereocenters. The summed E-state index contributed by atoms with van der Waals surface area (Å²) in [5.41, 5.74) is 2.27. The summed E-state index contributed by atoms with van der Waals surface area (Å²) in [5, 5.41) is 11.6. The molecule has 10 heteroatoms. The number of benzene rings is 2. The van der Waals surface area contributed by atoms with Crippen LogP contribution >= 0.6 is 0 Å². The number of anilines is 2. The van der Waals surface area contributed by atoms with Crippen molar-refractivity contribution >= 4 is 21.2 Å². The van der Waals surface area contributed by atoms with Crippen LogP contribution in [0.1, 0.15) is 37.6 Å². The van der Waals surface area contributed by atoms with Crippen LogP contribution in [0.5, 0.6) is 11.5 Å². The Bertz CT molecular complexity index is 1720. The van der Waals surface area contributed by atoms with Gasteiger partial charge in [0.25, 0.3) is 5.56 Å². The van der Waals surface area contributed by atoms with Crippen LogP contribution in [0.15, 0.2) is 75.2 Å². The molecule has 0 radical (unpaired) electrons. The quantitative estimate of drug-likeness (QED) is 0.278. The van der Waals surface area contributed by atoms with Gasteiger partial charge in [0.2, 0.25) is 15.8 Å². The van der Waals surface area contributed by atoms with Crippen molar-refractivity contribution in [2.75, 3.05) is 18.1 Å². The topological polar surface area (TPSA) is 113 Å². The van der Waals surface area contributed by atoms with Gasteiger partial charge in [-0.2, -0.15) is 4.39 Å². The molecular weight excluding hydrogens is 533 g/mol. The molecule has 0 bridgehead atoms. The largest absolute Gasteiger partial charge is 0.504 e. The number of pyridine rings is 2. The predicted octanol–water partition coefficient (Wildman–Crippen LogP) is 5.69. The van der Waals surface area contributed by atoms with Gasteiger partial charge in [-0.3, -0.25) is 4.79 Å². The maximum absolute atomic E-state index is 13.8. The number of halogens is 1. The van der Waals surface area contributed by atoms with Crippen LogP contribution in [-0.4, -0.2) is 36.6 Å². The van der Waals surface area contributed by atoms with Gasteiger partial charge in [-0.25, -0.2) is 13.4 Å². The summed E-state index contributed by atoms with van der Waals surface area (Å²) in [4.78, 5) is 20.8. The number of nitrogens with zero attached hydrogens (tertiary/aromatic N) is 2. The number of nitrogens with one attached hydrogen (secondary N) is 1. The van der Waals surface area contributed by atoms with E-state index in [4.69, 9.17) is 4.74 Å². The molecule has 2 N–H and O–H groups in total. The molecule has 0 saturated carbocycles. The van der Waals surface area contributed by atoms with E-state index in [1.165, 1.54) is 18.2 Å². The van der Waals surface area contributed by atoms with Crippen LogP contribution < -0.4 is 15.2 Å². The highest BCUT2D eigenvalue weighted by Crippen LogP contribution is 2.44. The van der Waals surface area contributed by atoms with Crippen molar-refractivity contribution in [3.8, 4) is 22.6 Å². The maximum Gasteiger partial charge on any atom is 0.271 e. The van der Waals surface area contributed by atoms with Crippen molar-refractivity contribution in [2.24, 2.45) is 0 Å². The van der Waals surface area contributed by atoms with Gasteiger partial charge in [0.1, 0.15) is 11.4 Å². The third-order valence-corrected chi connectivity index (χ3v) is 8.79. The Balaban J connectivity index is 1.64. The minimum absolute atomic E-state index is 0.156. The van der Waals surface area contributed by atoms with Crippen LogP contribution in [0.3, 0.4) is 0 Å². The van der Waals surface area contributed by atoms with Crippen LogP contribution in [-0.2, 0) is 16.3 Å². The molecule has 3 heterocycles.